The van der Waals surface area contributed by atoms with E-state index in [0.717, 1.165) is 5.69 Å². The number of allylic oxidation sites excluding steroid dienone is 1. The van der Waals surface area contributed by atoms with Crippen LogP contribution in [0.15, 0.2) is 41.2 Å². The van der Waals surface area contributed by atoms with Crippen molar-refractivity contribution in [1.29, 1.82) is 0 Å². The van der Waals surface area contributed by atoms with E-state index in [9.17, 15) is 4.79 Å². The first-order chi connectivity index (χ1) is 12.0. The van der Waals surface area contributed by atoms with Crippen molar-refractivity contribution in [3.63, 3.8) is 0 Å². The van der Waals surface area contributed by atoms with Gasteiger partial charge in [-0.2, -0.15) is 0 Å². The summed E-state index contributed by atoms with van der Waals surface area (Å²) in [4.78, 5) is 16.4. The number of carbonyl (C=O) groups is 1. The third-order valence-corrected chi connectivity index (χ3v) is 4.35. The molecule has 134 valence electrons. The summed E-state index contributed by atoms with van der Waals surface area (Å²) in [6.45, 7) is 0.984. The molecule has 2 heterocycles. The number of hydrogen-bond acceptors (Lipinski definition) is 7. The molecule has 0 spiro atoms. The van der Waals surface area contributed by atoms with Gasteiger partial charge >= 0.3 is 0 Å². The van der Waals surface area contributed by atoms with Crippen LogP contribution in [0.1, 0.15) is 6.42 Å². The van der Waals surface area contributed by atoms with Crippen LogP contribution in [0.2, 0.25) is 5.02 Å². The number of hydrogen-bond donors (Lipinski definition) is 5. The van der Waals surface area contributed by atoms with Gasteiger partial charge in [-0.15, -0.1) is 0 Å². The number of rotatable bonds is 5. The van der Waals surface area contributed by atoms with E-state index in [2.05, 4.69) is 20.9 Å². The predicted octanol–water partition coefficient (Wildman–Crippen LogP) is 0.112. The fourth-order valence-electron chi connectivity index (χ4n) is 2.73. The van der Waals surface area contributed by atoms with E-state index in [4.69, 9.17) is 27.8 Å². The Morgan fingerprint density at radius 1 is 1.40 bits per heavy atom. The SMILES string of the molecule is NC(=O)C1(N[C@@H]2CCOC[C@@H]2N)N=CC=C(Nc2ccc(Cl)cc2)N1. The highest BCUT2D eigenvalue weighted by molar-refractivity contribution is 6.30. The summed E-state index contributed by atoms with van der Waals surface area (Å²) in [5, 5.41) is 9.99. The normalized spacial score (nSPS) is 28.8. The van der Waals surface area contributed by atoms with Gasteiger partial charge in [0.1, 0.15) is 5.82 Å². The zero-order chi connectivity index (χ0) is 17.9. The number of nitrogens with zero attached hydrogens (tertiary/aromatic N) is 1. The first kappa shape index (κ1) is 17.7. The summed E-state index contributed by atoms with van der Waals surface area (Å²) < 4.78 is 5.33. The molecule has 25 heavy (non-hydrogen) atoms. The Morgan fingerprint density at radius 3 is 2.84 bits per heavy atom. The van der Waals surface area contributed by atoms with Crippen LogP contribution in [0.3, 0.4) is 0 Å². The molecular formula is C16H21ClN6O2. The van der Waals surface area contributed by atoms with Crippen LogP contribution >= 0.6 is 11.6 Å². The molecule has 0 aliphatic carbocycles. The van der Waals surface area contributed by atoms with Crippen molar-refractivity contribution in [3.8, 4) is 0 Å². The van der Waals surface area contributed by atoms with Crippen molar-refractivity contribution in [2.75, 3.05) is 18.5 Å². The van der Waals surface area contributed by atoms with Crippen LogP contribution in [0.25, 0.3) is 0 Å². The van der Waals surface area contributed by atoms with Crippen LogP contribution in [0, 0.1) is 0 Å². The number of ether oxygens (including phenoxy) is 1. The van der Waals surface area contributed by atoms with Crippen molar-refractivity contribution in [2.45, 2.75) is 24.3 Å². The minimum Gasteiger partial charge on any atom is -0.380 e. The number of halogens is 1. The van der Waals surface area contributed by atoms with Crippen molar-refractivity contribution in [2.24, 2.45) is 16.5 Å². The largest absolute Gasteiger partial charge is 0.380 e. The van der Waals surface area contributed by atoms with Gasteiger partial charge in [0.15, 0.2) is 0 Å². The molecule has 9 heteroatoms. The molecule has 1 saturated heterocycles. The van der Waals surface area contributed by atoms with E-state index >= 15 is 0 Å². The Balaban J connectivity index is 1.74. The van der Waals surface area contributed by atoms with Gasteiger partial charge in [-0.05, 0) is 36.8 Å². The Hall–Kier alpha value is -2.13. The maximum atomic E-state index is 12.1. The van der Waals surface area contributed by atoms with Crippen molar-refractivity contribution < 1.29 is 9.53 Å². The van der Waals surface area contributed by atoms with Gasteiger partial charge in [-0.3, -0.25) is 10.1 Å². The van der Waals surface area contributed by atoms with Crippen LogP contribution in [0.4, 0.5) is 5.69 Å². The molecule has 0 bridgehead atoms. The van der Waals surface area contributed by atoms with E-state index in [-0.39, 0.29) is 12.1 Å². The minimum absolute atomic E-state index is 0.152. The number of anilines is 1. The maximum Gasteiger partial charge on any atom is 0.282 e. The fraction of sp³-hybridized carbons (Fsp3) is 0.375. The highest BCUT2D eigenvalue weighted by Crippen LogP contribution is 2.18. The second-order valence-corrected chi connectivity index (χ2v) is 6.40. The van der Waals surface area contributed by atoms with Gasteiger partial charge < -0.3 is 26.8 Å². The molecule has 3 atom stereocenters. The molecule has 0 aromatic heterocycles. The van der Waals surface area contributed by atoms with Crippen molar-refractivity contribution in [1.82, 2.24) is 10.6 Å². The van der Waals surface area contributed by atoms with Gasteiger partial charge in [0, 0.05) is 35.6 Å². The first-order valence-corrected chi connectivity index (χ1v) is 8.33. The van der Waals surface area contributed by atoms with Crippen LogP contribution in [-0.2, 0) is 9.53 Å². The highest BCUT2D eigenvalue weighted by Gasteiger charge is 2.41. The number of nitrogens with one attached hydrogen (secondary N) is 3. The molecule has 0 saturated carbocycles. The van der Waals surface area contributed by atoms with Crippen molar-refractivity contribution >= 4 is 29.4 Å². The van der Waals surface area contributed by atoms with Gasteiger partial charge in [-0.25, -0.2) is 4.99 Å². The lowest BCUT2D eigenvalue weighted by molar-refractivity contribution is -0.126. The third kappa shape index (κ3) is 4.10. The number of carbonyl (C=O) groups excluding carboxylic acids is 1. The lowest BCUT2D eigenvalue weighted by atomic mass is 10.0. The first-order valence-electron chi connectivity index (χ1n) is 7.96. The van der Waals surface area contributed by atoms with Gasteiger partial charge in [0.25, 0.3) is 11.7 Å². The van der Waals surface area contributed by atoms with Gasteiger partial charge in [-0.1, -0.05) is 11.6 Å². The third-order valence-electron chi connectivity index (χ3n) is 4.10. The summed E-state index contributed by atoms with van der Waals surface area (Å²) >= 11 is 5.89. The number of amides is 1. The molecule has 1 amide bonds. The summed E-state index contributed by atoms with van der Waals surface area (Å²) in [5.74, 6) is -1.54. The lowest BCUT2D eigenvalue weighted by Crippen LogP contribution is -2.70. The zero-order valence-corrected chi connectivity index (χ0v) is 14.3. The van der Waals surface area contributed by atoms with E-state index < -0.39 is 11.7 Å². The fourth-order valence-corrected chi connectivity index (χ4v) is 2.86. The zero-order valence-electron chi connectivity index (χ0n) is 13.5. The lowest BCUT2D eigenvalue weighted by Gasteiger charge is -2.39. The number of aliphatic imine (C=N–C) groups is 1. The average molecular weight is 365 g/mol. The summed E-state index contributed by atoms with van der Waals surface area (Å²) in [6, 6.07) is 6.78. The molecule has 1 aromatic carbocycles. The van der Waals surface area contributed by atoms with Crippen LogP contribution in [0.5, 0.6) is 0 Å². The number of benzene rings is 1. The molecule has 7 N–H and O–H groups in total. The molecule has 8 nitrogen and oxygen atoms in total. The van der Waals surface area contributed by atoms with E-state index in [1.807, 2.05) is 12.1 Å². The number of primary amides is 1. The monoisotopic (exact) mass is 364 g/mol. The van der Waals surface area contributed by atoms with Crippen LogP contribution < -0.4 is 27.4 Å². The quantitative estimate of drug-likeness (QED) is 0.505. The smallest absolute Gasteiger partial charge is 0.282 e. The molecule has 0 radical (unpaired) electrons. The average Bonchev–Trinajstić information content (AvgIpc) is 2.59. The Bertz CT molecular complexity index is 692. The van der Waals surface area contributed by atoms with E-state index in [1.54, 1.807) is 18.2 Å². The Kier molecular flexibility index (Phi) is 5.24. The van der Waals surface area contributed by atoms with Crippen molar-refractivity contribution in [3.05, 3.63) is 41.2 Å². The second kappa shape index (κ2) is 7.40. The molecule has 1 fully saturated rings. The molecule has 1 unspecified atom stereocenters. The standard InChI is InChI=1S/C16H21ClN6O2/c17-10-1-3-11(4-2-10)21-14-5-7-20-16(23-14,15(19)24)22-13-6-8-25-9-12(13)18/h1-5,7,12-13,21-23H,6,8-9,18H2,(H2,19,24)/t12-,13+,16?/m0/s1. The molecule has 1 aromatic rings. The highest BCUT2D eigenvalue weighted by atomic mass is 35.5. The maximum absolute atomic E-state index is 12.1. The van der Waals surface area contributed by atoms with E-state index in [1.165, 1.54) is 6.21 Å². The molecule has 2 aliphatic rings. The minimum atomic E-state index is -1.47. The number of nitrogens with two attached hydrogens (primary N) is 2. The second-order valence-electron chi connectivity index (χ2n) is 5.97. The predicted molar refractivity (Wildman–Crippen MR) is 97.0 cm³/mol. The van der Waals surface area contributed by atoms with Gasteiger partial charge in [0.05, 0.1) is 6.61 Å². The summed E-state index contributed by atoms with van der Waals surface area (Å²) in [5.41, 5.74) is 12.5. The molecular weight excluding hydrogens is 344 g/mol. The summed E-state index contributed by atoms with van der Waals surface area (Å²) in [6.07, 6.45) is 3.90. The van der Waals surface area contributed by atoms with Crippen LogP contribution in [-0.4, -0.2) is 43.2 Å². The molecule has 2 aliphatic heterocycles. The van der Waals surface area contributed by atoms with E-state index in [0.29, 0.717) is 30.5 Å². The summed E-state index contributed by atoms with van der Waals surface area (Å²) in [7, 11) is 0. The Morgan fingerprint density at radius 2 is 2.16 bits per heavy atom. The Labute approximate surface area is 150 Å². The molecule has 3 rings (SSSR count). The van der Waals surface area contributed by atoms with Gasteiger partial charge in [0.2, 0.25) is 0 Å². The topological polar surface area (TPSA) is 127 Å².